The van der Waals surface area contributed by atoms with Crippen molar-refractivity contribution in [2.45, 2.75) is 6.61 Å². The maximum atomic E-state index is 12.6. The van der Waals surface area contributed by atoms with Crippen LogP contribution in [0.2, 0.25) is 0 Å². The van der Waals surface area contributed by atoms with Gasteiger partial charge in [0.15, 0.2) is 0 Å². The first-order valence-corrected chi connectivity index (χ1v) is 9.92. The predicted octanol–water partition coefficient (Wildman–Crippen LogP) is 2.63. The highest BCUT2D eigenvalue weighted by molar-refractivity contribution is 6.07. The Morgan fingerprint density at radius 3 is 2.40 bits per heavy atom. The van der Waals surface area contributed by atoms with Gasteiger partial charge in [-0.05, 0) is 50.0 Å². The normalized spacial score (nSPS) is 17.3. The molecule has 0 N–H and O–H groups in total. The molecule has 0 heterocycles. The van der Waals surface area contributed by atoms with Crippen LogP contribution in [0.5, 0.6) is 0 Å². The van der Waals surface area contributed by atoms with Gasteiger partial charge in [0, 0.05) is 20.1 Å². The molecule has 0 bridgehead atoms. The molecule has 1 atom stereocenters. The molecule has 0 aliphatic heterocycles. The molecule has 30 heavy (non-hydrogen) atoms. The van der Waals surface area contributed by atoms with Gasteiger partial charge in [0.2, 0.25) is 0 Å². The summed E-state index contributed by atoms with van der Waals surface area (Å²) in [6.07, 6.45) is 3.54. The van der Waals surface area contributed by atoms with E-state index in [2.05, 4.69) is 6.07 Å². The highest BCUT2D eigenvalue weighted by Gasteiger charge is 2.44. The first-order valence-electron chi connectivity index (χ1n) is 9.92. The molecule has 1 aliphatic carbocycles. The van der Waals surface area contributed by atoms with Crippen molar-refractivity contribution in [3.05, 3.63) is 82.2 Å². The van der Waals surface area contributed by atoms with E-state index in [1.807, 2.05) is 60.7 Å². The summed E-state index contributed by atoms with van der Waals surface area (Å²) in [6.45, 7) is 0.709. The van der Waals surface area contributed by atoms with Gasteiger partial charge in [-0.3, -0.25) is 0 Å². The summed E-state index contributed by atoms with van der Waals surface area (Å²) in [7, 11) is 3.24. The number of hydrogen-bond donors (Lipinski definition) is 0. The summed E-state index contributed by atoms with van der Waals surface area (Å²) in [5.74, 6) is -0.396. The van der Waals surface area contributed by atoms with Gasteiger partial charge in [-0.15, -0.1) is 0 Å². The Labute approximate surface area is 175 Å². The lowest BCUT2D eigenvalue weighted by atomic mass is 9.66. The predicted molar refractivity (Wildman–Crippen MR) is 117 cm³/mol. The second-order valence-corrected chi connectivity index (χ2v) is 7.66. The van der Waals surface area contributed by atoms with Crippen LogP contribution in [0.15, 0.2) is 60.7 Å². The van der Waals surface area contributed by atoms with Crippen LogP contribution in [0.1, 0.15) is 11.1 Å². The first-order chi connectivity index (χ1) is 14.7. The average molecular weight is 400 g/mol. The minimum absolute atomic E-state index is 0.269. The van der Waals surface area contributed by atoms with Crippen LogP contribution < -0.4 is 10.4 Å². The highest BCUT2D eigenvalue weighted by Crippen LogP contribution is 2.42. The van der Waals surface area contributed by atoms with Crippen LogP contribution >= 0.6 is 0 Å². The molecule has 4 rings (SSSR count). The molecule has 0 amide bonds. The van der Waals surface area contributed by atoms with E-state index in [-0.39, 0.29) is 6.61 Å². The summed E-state index contributed by atoms with van der Waals surface area (Å²) < 4.78 is 10.8. The van der Waals surface area contributed by atoms with Crippen molar-refractivity contribution in [2.75, 3.05) is 20.8 Å². The highest BCUT2D eigenvalue weighted by atomic mass is 16.5. The quantitative estimate of drug-likeness (QED) is 0.452. The van der Waals surface area contributed by atoms with E-state index in [0.29, 0.717) is 6.61 Å². The maximum Gasteiger partial charge on any atom is 0.138 e. The second-order valence-electron chi connectivity index (χ2n) is 7.66. The molecule has 1 aliphatic rings. The number of ether oxygens (including phenoxy) is 2. The van der Waals surface area contributed by atoms with E-state index in [0.717, 1.165) is 50.5 Å². The standard InChI is InChI=1S/C26H24O4/c1-29-14-18-11-19-7-3-5-9-22(19)24(12-18)25-23-10-6-4-8-20(23)13-21(15-30-2)26(25,16-27)17-28/h3-13,16-17,21H,14-15H2,1-2H3. The molecule has 0 saturated carbocycles. The number of aldehydes is 2. The average Bonchev–Trinajstić information content (AvgIpc) is 2.78. The Morgan fingerprint density at radius 1 is 0.933 bits per heavy atom. The maximum absolute atomic E-state index is 12.6. The molecule has 0 fully saturated rings. The molecule has 0 radical (unpaired) electrons. The van der Waals surface area contributed by atoms with Crippen LogP contribution in [-0.4, -0.2) is 33.4 Å². The number of carbonyl (C=O) groups excluding carboxylic acids is 2. The molecule has 0 spiro atoms. The molecular weight excluding hydrogens is 376 g/mol. The van der Waals surface area contributed by atoms with Gasteiger partial charge in [-0.1, -0.05) is 54.6 Å². The van der Waals surface area contributed by atoms with E-state index in [1.54, 1.807) is 14.2 Å². The third-order valence-corrected chi connectivity index (χ3v) is 5.90. The third-order valence-electron chi connectivity index (χ3n) is 5.90. The summed E-state index contributed by atoms with van der Waals surface area (Å²) in [4.78, 5) is 25.2. The monoisotopic (exact) mass is 400 g/mol. The lowest BCUT2D eigenvalue weighted by molar-refractivity contribution is -0.125. The lowest BCUT2D eigenvalue weighted by Crippen LogP contribution is -2.47. The summed E-state index contributed by atoms with van der Waals surface area (Å²) in [6, 6.07) is 20.0. The molecule has 1 unspecified atom stereocenters. The lowest BCUT2D eigenvalue weighted by Gasteiger charge is -2.35. The third kappa shape index (κ3) is 3.18. The zero-order valence-electron chi connectivity index (χ0n) is 17.1. The minimum Gasteiger partial charge on any atom is -0.384 e. The fourth-order valence-corrected chi connectivity index (χ4v) is 4.54. The van der Waals surface area contributed by atoms with E-state index >= 15 is 0 Å². The largest absolute Gasteiger partial charge is 0.384 e. The van der Waals surface area contributed by atoms with Gasteiger partial charge < -0.3 is 19.1 Å². The molecular formula is C26H24O4. The van der Waals surface area contributed by atoms with Gasteiger partial charge in [0.25, 0.3) is 0 Å². The first kappa shape index (κ1) is 20.2. The summed E-state index contributed by atoms with van der Waals surface area (Å²) in [5, 5.41) is 3.92. The molecule has 3 aromatic rings. The van der Waals surface area contributed by atoms with Crippen molar-refractivity contribution in [3.8, 4) is 0 Å². The molecule has 152 valence electrons. The zero-order chi connectivity index (χ0) is 21.1. The van der Waals surface area contributed by atoms with Crippen LogP contribution in [0.25, 0.3) is 22.4 Å². The van der Waals surface area contributed by atoms with Gasteiger partial charge in [-0.25, -0.2) is 0 Å². The smallest absolute Gasteiger partial charge is 0.138 e. The summed E-state index contributed by atoms with van der Waals surface area (Å²) >= 11 is 0. The zero-order valence-corrected chi connectivity index (χ0v) is 17.1. The van der Waals surface area contributed by atoms with Crippen molar-refractivity contribution in [1.82, 2.24) is 0 Å². The van der Waals surface area contributed by atoms with E-state index in [4.69, 9.17) is 9.47 Å². The van der Waals surface area contributed by atoms with Gasteiger partial charge >= 0.3 is 0 Å². The fraction of sp³-hybridized carbons (Fsp3) is 0.231. The van der Waals surface area contributed by atoms with Gasteiger partial charge in [0.1, 0.15) is 18.0 Å². The van der Waals surface area contributed by atoms with E-state index in [1.165, 1.54) is 0 Å². The number of benzene rings is 3. The van der Waals surface area contributed by atoms with Crippen LogP contribution in [0, 0.1) is 11.3 Å². The number of methoxy groups -OCH3 is 2. The van der Waals surface area contributed by atoms with Gasteiger partial charge in [-0.2, -0.15) is 0 Å². The molecule has 4 nitrogen and oxygen atoms in total. The Hall–Kier alpha value is -3.08. The number of rotatable bonds is 7. The minimum atomic E-state index is -1.33. The van der Waals surface area contributed by atoms with Crippen LogP contribution in [0.3, 0.4) is 0 Å². The topological polar surface area (TPSA) is 52.6 Å². The molecule has 3 aromatic carbocycles. The Bertz CT molecular complexity index is 1220. The number of fused-ring (bicyclic) bond motifs is 2. The number of carbonyl (C=O) groups is 2. The van der Waals surface area contributed by atoms with Crippen LogP contribution in [0.4, 0.5) is 0 Å². The number of hydrogen-bond acceptors (Lipinski definition) is 4. The van der Waals surface area contributed by atoms with E-state index in [9.17, 15) is 9.59 Å². The van der Waals surface area contributed by atoms with Crippen molar-refractivity contribution in [2.24, 2.45) is 11.3 Å². The van der Waals surface area contributed by atoms with Crippen molar-refractivity contribution in [3.63, 3.8) is 0 Å². The second kappa shape index (κ2) is 8.34. The molecule has 4 heteroatoms. The Morgan fingerprint density at radius 2 is 1.67 bits per heavy atom. The van der Waals surface area contributed by atoms with Crippen LogP contribution in [-0.2, 0) is 25.7 Å². The van der Waals surface area contributed by atoms with Crippen molar-refractivity contribution < 1.29 is 19.1 Å². The summed E-state index contributed by atoms with van der Waals surface area (Å²) in [5.41, 5.74) is 1.25. The SMILES string of the molecule is COCc1cc(C2=c3ccccc3=CC(COC)C2(C=O)C=O)c2ccccc2c1. The molecule has 0 aromatic heterocycles. The fourth-order valence-electron chi connectivity index (χ4n) is 4.54. The van der Waals surface area contributed by atoms with Crippen molar-refractivity contribution in [1.29, 1.82) is 0 Å². The van der Waals surface area contributed by atoms with Gasteiger partial charge in [0.05, 0.1) is 13.2 Å². The molecule has 0 saturated heterocycles. The van der Waals surface area contributed by atoms with E-state index < -0.39 is 11.3 Å². The van der Waals surface area contributed by atoms with Crippen molar-refractivity contribution >= 4 is 35.0 Å². The Kier molecular flexibility index (Phi) is 5.62. The Balaban J connectivity index is 2.18.